The lowest BCUT2D eigenvalue weighted by Gasteiger charge is -2.09. The molecule has 0 aliphatic rings. The normalized spacial score (nSPS) is 10.6. The zero-order chi connectivity index (χ0) is 19.2. The van der Waals surface area contributed by atoms with Gasteiger partial charge >= 0.3 is 0 Å². The fourth-order valence-electron chi connectivity index (χ4n) is 2.47. The molecule has 0 aliphatic heterocycles. The summed E-state index contributed by atoms with van der Waals surface area (Å²) in [6, 6.07) is 16.7. The lowest BCUT2D eigenvalue weighted by atomic mass is 10.1. The van der Waals surface area contributed by atoms with Crippen LogP contribution in [0.4, 0.5) is 4.39 Å². The molecule has 1 aromatic heterocycles. The molecule has 0 unspecified atom stereocenters. The second-order valence-corrected chi connectivity index (χ2v) is 6.73. The van der Waals surface area contributed by atoms with Gasteiger partial charge < -0.3 is 5.32 Å². The molecule has 5 nitrogen and oxygen atoms in total. The lowest BCUT2D eigenvalue weighted by Crippen LogP contribution is -2.33. The van der Waals surface area contributed by atoms with Crippen LogP contribution in [-0.2, 0) is 17.9 Å². The highest BCUT2D eigenvalue weighted by Gasteiger charge is 2.08. The number of halogens is 1. The third kappa shape index (κ3) is 5.04. The quantitative estimate of drug-likeness (QED) is 0.665. The molecule has 1 amide bonds. The average Bonchev–Trinajstić information content (AvgIpc) is 2.69. The van der Waals surface area contributed by atoms with Gasteiger partial charge in [-0.15, -0.1) is 11.8 Å². The smallest absolute Gasteiger partial charge is 0.267 e. The first-order chi connectivity index (χ1) is 13.0. The van der Waals surface area contributed by atoms with E-state index in [4.69, 9.17) is 0 Å². The Morgan fingerprint density at radius 1 is 1.07 bits per heavy atom. The molecular weight excluding hydrogens is 365 g/mol. The van der Waals surface area contributed by atoms with Crippen molar-refractivity contribution in [2.75, 3.05) is 6.26 Å². The van der Waals surface area contributed by atoms with Crippen molar-refractivity contribution >= 4 is 17.7 Å². The highest BCUT2D eigenvalue weighted by molar-refractivity contribution is 7.98. The Balaban J connectivity index is 1.69. The maximum absolute atomic E-state index is 12.9. The third-order valence-corrected chi connectivity index (χ3v) is 4.69. The molecule has 2 aromatic carbocycles. The van der Waals surface area contributed by atoms with Gasteiger partial charge in [0.15, 0.2) is 0 Å². The second kappa shape index (κ2) is 8.64. The van der Waals surface area contributed by atoms with Gasteiger partial charge in [-0.3, -0.25) is 9.59 Å². The van der Waals surface area contributed by atoms with Crippen molar-refractivity contribution < 1.29 is 9.18 Å². The van der Waals surface area contributed by atoms with Gasteiger partial charge in [0.25, 0.3) is 5.56 Å². The standard InChI is InChI=1S/C20H18FN3O2S/c1-27-17-8-4-15(5-9-17)18-10-11-20(26)24(23-18)13-19(25)22-12-14-2-6-16(21)7-3-14/h2-11H,12-13H2,1H3,(H,22,25). The van der Waals surface area contributed by atoms with Crippen LogP contribution >= 0.6 is 11.8 Å². The number of rotatable bonds is 6. The zero-order valence-corrected chi connectivity index (χ0v) is 15.5. The Hall–Kier alpha value is -2.93. The summed E-state index contributed by atoms with van der Waals surface area (Å²) in [7, 11) is 0. The highest BCUT2D eigenvalue weighted by Crippen LogP contribution is 2.20. The first-order valence-corrected chi connectivity index (χ1v) is 9.51. The SMILES string of the molecule is CSc1ccc(-c2ccc(=O)n(CC(=O)NCc3ccc(F)cc3)n2)cc1. The number of thioether (sulfide) groups is 1. The van der Waals surface area contributed by atoms with Crippen LogP contribution in [0.5, 0.6) is 0 Å². The number of nitrogens with one attached hydrogen (secondary N) is 1. The number of hydrogen-bond acceptors (Lipinski definition) is 4. The summed E-state index contributed by atoms with van der Waals surface area (Å²) in [5.41, 5.74) is 1.91. The Kier molecular flexibility index (Phi) is 6.03. The molecule has 0 saturated carbocycles. The average molecular weight is 383 g/mol. The van der Waals surface area contributed by atoms with Crippen LogP contribution in [0.3, 0.4) is 0 Å². The van der Waals surface area contributed by atoms with Gasteiger partial charge in [-0.05, 0) is 42.2 Å². The molecule has 1 N–H and O–H groups in total. The van der Waals surface area contributed by atoms with Crippen LogP contribution < -0.4 is 10.9 Å². The number of aromatic nitrogens is 2. The highest BCUT2D eigenvalue weighted by atomic mass is 32.2. The van der Waals surface area contributed by atoms with Gasteiger partial charge in [-0.25, -0.2) is 9.07 Å². The van der Waals surface area contributed by atoms with Crippen LogP contribution in [0.25, 0.3) is 11.3 Å². The van der Waals surface area contributed by atoms with Crippen molar-refractivity contribution in [3.05, 3.63) is 82.4 Å². The number of hydrogen-bond donors (Lipinski definition) is 1. The number of benzene rings is 2. The predicted molar refractivity (Wildman–Crippen MR) is 104 cm³/mol. The number of carbonyl (C=O) groups is 1. The van der Waals surface area contributed by atoms with Crippen LogP contribution in [0.15, 0.2) is 70.4 Å². The summed E-state index contributed by atoms with van der Waals surface area (Å²) in [6.07, 6.45) is 2.00. The van der Waals surface area contributed by atoms with Crippen LogP contribution in [-0.4, -0.2) is 21.9 Å². The van der Waals surface area contributed by atoms with E-state index < -0.39 is 0 Å². The van der Waals surface area contributed by atoms with E-state index in [0.29, 0.717) is 5.69 Å². The molecule has 138 valence electrons. The van der Waals surface area contributed by atoms with Gasteiger partial charge in [0, 0.05) is 23.1 Å². The maximum atomic E-state index is 12.9. The van der Waals surface area contributed by atoms with E-state index in [0.717, 1.165) is 20.7 Å². The third-order valence-electron chi connectivity index (χ3n) is 3.95. The molecule has 7 heteroatoms. The minimum atomic E-state index is -0.351. The van der Waals surface area contributed by atoms with Crippen molar-refractivity contribution in [3.63, 3.8) is 0 Å². The fraction of sp³-hybridized carbons (Fsp3) is 0.150. The van der Waals surface area contributed by atoms with E-state index in [1.807, 2.05) is 30.5 Å². The topological polar surface area (TPSA) is 64.0 Å². The van der Waals surface area contributed by atoms with Crippen molar-refractivity contribution in [3.8, 4) is 11.3 Å². The summed E-state index contributed by atoms with van der Waals surface area (Å²) in [5.74, 6) is -0.674. The summed E-state index contributed by atoms with van der Waals surface area (Å²) in [5, 5.41) is 7.00. The molecule has 0 bridgehead atoms. The lowest BCUT2D eigenvalue weighted by molar-refractivity contribution is -0.122. The summed E-state index contributed by atoms with van der Waals surface area (Å²) >= 11 is 1.64. The minimum absolute atomic E-state index is 0.184. The van der Waals surface area contributed by atoms with Crippen LogP contribution in [0.2, 0.25) is 0 Å². The first-order valence-electron chi connectivity index (χ1n) is 8.29. The molecule has 3 aromatic rings. The number of amides is 1. The molecule has 0 radical (unpaired) electrons. The monoisotopic (exact) mass is 383 g/mol. The Morgan fingerprint density at radius 2 is 1.78 bits per heavy atom. The zero-order valence-electron chi connectivity index (χ0n) is 14.7. The van der Waals surface area contributed by atoms with E-state index in [-0.39, 0.29) is 30.4 Å². The molecule has 0 aliphatic carbocycles. The molecule has 0 saturated heterocycles. The Labute approximate surface area is 160 Å². The van der Waals surface area contributed by atoms with Crippen LogP contribution in [0, 0.1) is 5.82 Å². The van der Waals surface area contributed by atoms with E-state index in [1.54, 1.807) is 30.0 Å². The summed E-state index contributed by atoms with van der Waals surface area (Å²) in [6.45, 7) is 0.0699. The van der Waals surface area contributed by atoms with Gasteiger partial charge in [0.1, 0.15) is 12.4 Å². The fourth-order valence-corrected chi connectivity index (χ4v) is 2.88. The van der Waals surface area contributed by atoms with Crippen molar-refractivity contribution in [2.24, 2.45) is 0 Å². The summed E-state index contributed by atoms with van der Waals surface area (Å²) in [4.78, 5) is 25.3. The van der Waals surface area contributed by atoms with Gasteiger partial charge in [0.2, 0.25) is 5.91 Å². The Bertz CT molecular complexity index is 985. The maximum Gasteiger partial charge on any atom is 0.267 e. The van der Waals surface area contributed by atoms with E-state index in [2.05, 4.69) is 10.4 Å². The minimum Gasteiger partial charge on any atom is -0.350 e. The van der Waals surface area contributed by atoms with E-state index in [9.17, 15) is 14.0 Å². The first kappa shape index (κ1) is 18.8. The predicted octanol–water partition coefficient (Wildman–Crippen LogP) is 3.09. The second-order valence-electron chi connectivity index (χ2n) is 5.85. The summed E-state index contributed by atoms with van der Waals surface area (Å²) < 4.78 is 14.0. The molecule has 27 heavy (non-hydrogen) atoms. The van der Waals surface area contributed by atoms with E-state index >= 15 is 0 Å². The molecule has 0 fully saturated rings. The van der Waals surface area contributed by atoms with Crippen molar-refractivity contribution in [1.29, 1.82) is 0 Å². The van der Waals surface area contributed by atoms with Gasteiger partial charge in [0.05, 0.1) is 5.69 Å². The van der Waals surface area contributed by atoms with Crippen LogP contribution in [0.1, 0.15) is 5.56 Å². The van der Waals surface area contributed by atoms with Gasteiger partial charge in [-0.1, -0.05) is 24.3 Å². The van der Waals surface area contributed by atoms with E-state index in [1.165, 1.54) is 18.2 Å². The molecule has 0 spiro atoms. The molecule has 1 heterocycles. The van der Waals surface area contributed by atoms with Crippen molar-refractivity contribution in [1.82, 2.24) is 15.1 Å². The van der Waals surface area contributed by atoms with Crippen molar-refractivity contribution in [2.45, 2.75) is 18.0 Å². The largest absolute Gasteiger partial charge is 0.350 e. The Morgan fingerprint density at radius 3 is 2.44 bits per heavy atom. The number of nitrogens with zero attached hydrogens (tertiary/aromatic N) is 2. The molecule has 3 rings (SSSR count). The number of carbonyl (C=O) groups excluding carboxylic acids is 1. The molecule has 0 atom stereocenters. The van der Waals surface area contributed by atoms with Gasteiger partial charge in [-0.2, -0.15) is 5.10 Å². The molecular formula is C20H18FN3O2S.